The van der Waals surface area contributed by atoms with Crippen LogP contribution in [0.4, 0.5) is 11.8 Å². The molecule has 108 valence electrons. The molecule has 7 nitrogen and oxygen atoms in total. The maximum Gasteiger partial charge on any atom is 0.226 e. The molecule has 0 radical (unpaired) electrons. The first-order valence-corrected chi connectivity index (χ1v) is 7.03. The number of hydrogen-bond donors (Lipinski definition) is 3. The van der Waals surface area contributed by atoms with Crippen molar-refractivity contribution in [2.75, 3.05) is 30.3 Å². The summed E-state index contributed by atoms with van der Waals surface area (Å²) in [5.41, 5.74) is 1.37. The van der Waals surface area contributed by atoms with Crippen LogP contribution in [0.3, 0.4) is 0 Å². The van der Waals surface area contributed by atoms with Gasteiger partial charge >= 0.3 is 0 Å². The molecule has 1 aliphatic heterocycles. The fourth-order valence-corrected chi connectivity index (χ4v) is 2.45. The average molecular weight is 276 g/mol. The molecule has 3 N–H and O–H groups in total. The van der Waals surface area contributed by atoms with E-state index in [9.17, 15) is 0 Å². The summed E-state index contributed by atoms with van der Waals surface area (Å²) < 4.78 is 5.79. The van der Waals surface area contributed by atoms with Gasteiger partial charge in [0.2, 0.25) is 5.95 Å². The third kappa shape index (κ3) is 2.53. The molecule has 0 spiro atoms. The predicted octanol–water partition coefficient (Wildman–Crippen LogP) is 1.77. The van der Waals surface area contributed by atoms with E-state index in [1.165, 1.54) is 0 Å². The van der Waals surface area contributed by atoms with Crippen LogP contribution in [0.5, 0.6) is 0 Å². The molecule has 1 fully saturated rings. The minimum Gasteiger partial charge on any atom is -0.373 e. The minimum absolute atomic E-state index is 0.115. The topological polar surface area (TPSA) is 87.8 Å². The monoisotopic (exact) mass is 276 g/mol. The first-order chi connectivity index (χ1) is 9.70. The van der Waals surface area contributed by atoms with Gasteiger partial charge < -0.3 is 20.4 Å². The number of aromatic nitrogens is 4. The van der Waals surface area contributed by atoms with Gasteiger partial charge in [-0.15, -0.1) is 0 Å². The van der Waals surface area contributed by atoms with Crippen LogP contribution < -0.4 is 10.6 Å². The molecule has 3 heterocycles. The van der Waals surface area contributed by atoms with Crippen molar-refractivity contribution in [2.45, 2.75) is 32.3 Å². The fraction of sp³-hybridized carbons (Fsp3) is 0.615. The Labute approximate surface area is 117 Å². The van der Waals surface area contributed by atoms with Gasteiger partial charge in [0.05, 0.1) is 11.9 Å². The Morgan fingerprint density at radius 3 is 3.05 bits per heavy atom. The number of hydrogen-bond acceptors (Lipinski definition) is 6. The summed E-state index contributed by atoms with van der Waals surface area (Å²) in [7, 11) is 0. The number of aromatic amines is 1. The summed E-state index contributed by atoms with van der Waals surface area (Å²) in [4.78, 5) is 16.1. The van der Waals surface area contributed by atoms with Gasteiger partial charge in [0.15, 0.2) is 11.5 Å². The molecule has 1 aliphatic rings. The van der Waals surface area contributed by atoms with E-state index in [1.54, 1.807) is 6.33 Å². The second-order valence-electron chi connectivity index (χ2n) is 5.28. The Kier molecular flexibility index (Phi) is 3.43. The van der Waals surface area contributed by atoms with Crippen molar-refractivity contribution in [3.8, 4) is 0 Å². The Morgan fingerprint density at radius 1 is 1.40 bits per heavy atom. The van der Waals surface area contributed by atoms with Crippen LogP contribution in [-0.2, 0) is 4.74 Å². The van der Waals surface area contributed by atoms with Crippen molar-refractivity contribution < 1.29 is 4.74 Å². The lowest BCUT2D eigenvalue weighted by Crippen LogP contribution is -2.32. The number of rotatable bonds is 5. The predicted molar refractivity (Wildman–Crippen MR) is 77.9 cm³/mol. The average Bonchev–Trinajstić information content (AvgIpc) is 3.06. The molecule has 1 unspecified atom stereocenters. The standard InChI is InChI=1S/C13H20N6O/c1-3-14-12-18-10(9-11(19-12)17-8-16-9)15-7-13(2)5-4-6-20-13/h8H,3-7H2,1-2H3,(H3,14,15,16,17,18,19). The Bertz CT molecular complexity index is 590. The lowest BCUT2D eigenvalue weighted by atomic mass is 10.0. The summed E-state index contributed by atoms with van der Waals surface area (Å²) in [6.07, 6.45) is 3.81. The summed E-state index contributed by atoms with van der Waals surface area (Å²) in [6, 6.07) is 0. The zero-order valence-corrected chi connectivity index (χ0v) is 11.9. The van der Waals surface area contributed by atoms with Crippen LogP contribution in [0.2, 0.25) is 0 Å². The van der Waals surface area contributed by atoms with Gasteiger partial charge in [0, 0.05) is 19.7 Å². The molecule has 1 atom stereocenters. The molecule has 3 rings (SSSR count). The molecule has 0 aliphatic carbocycles. The maximum atomic E-state index is 5.79. The smallest absolute Gasteiger partial charge is 0.226 e. The summed E-state index contributed by atoms with van der Waals surface area (Å²) >= 11 is 0. The SMILES string of the molecule is CCNc1nc(NCC2(C)CCCO2)c2[nH]cnc2n1. The quantitative estimate of drug-likeness (QED) is 0.771. The molecular weight excluding hydrogens is 256 g/mol. The van der Waals surface area contributed by atoms with E-state index >= 15 is 0 Å². The Hall–Kier alpha value is -1.89. The highest BCUT2D eigenvalue weighted by Crippen LogP contribution is 2.26. The highest BCUT2D eigenvalue weighted by atomic mass is 16.5. The van der Waals surface area contributed by atoms with E-state index < -0.39 is 0 Å². The van der Waals surface area contributed by atoms with Crippen LogP contribution in [0.1, 0.15) is 26.7 Å². The van der Waals surface area contributed by atoms with E-state index in [1.807, 2.05) is 6.92 Å². The van der Waals surface area contributed by atoms with Crippen molar-refractivity contribution in [1.29, 1.82) is 0 Å². The van der Waals surface area contributed by atoms with E-state index in [0.717, 1.165) is 43.9 Å². The number of anilines is 2. The minimum atomic E-state index is -0.115. The Balaban J connectivity index is 1.83. The highest BCUT2D eigenvalue weighted by molar-refractivity contribution is 5.83. The molecule has 0 amide bonds. The number of ether oxygens (including phenoxy) is 1. The molecule has 7 heteroatoms. The fourth-order valence-electron chi connectivity index (χ4n) is 2.45. The van der Waals surface area contributed by atoms with Crippen molar-refractivity contribution in [1.82, 2.24) is 19.9 Å². The summed E-state index contributed by atoms with van der Waals surface area (Å²) in [6.45, 7) is 6.48. The second-order valence-corrected chi connectivity index (χ2v) is 5.28. The normalized spacial score (nSPS) is 22.3. The number of imidazole rings is 1. The van der Waals surface area contributed by atoms with Crippen molar-refractivity contribution in [2.24, 2.45) is 0 Å². The third-order valence-corrected chi connectivity index (χ3v) is 3.55. The number of nitrogens with zero attached hydrogens (tertiary/aromatic N) is 3. The third-order valence-electron chi connectivity index (χ3n) is 3.55. The molecule has 0 bridgehead atoms. The lowest BCUT2D eigenvalue weighted by molar-refractivity contribution is 0.0315. The zero-order valence-electron chi connectivity index (χ0n) is 11.9. The molecule has 2 aromatic rings. The summed E-state index contributed by atoms with van der Waals surface area (Å²) in [5, 5.41) is 6.49. The van der Waals surface area contributed by atoms with Gasteiger partial charge in [0.25, 0.3) is 0 Å². The lowest BCUT2D eigenvalue weighted by Gasteiger charge is -2.23. The molecular formula is C13H20N6O. The second kappa shape index (κ2) is 5.24. The molecule has 0 aromatic carbocycles. The van der Waals surface area contributed by atoms with Crippen LogP contribution in [0.15, 0.2) is 6.33 Å². The highest BCUT2D eigenvalue weighted by Gasteiger charge is 2.29. The Morgan fingerprint density at radius 2 is 2.30 bits per heavy atom. The summed E-state index contributed by atoms with van der Waals surface area (Å²) in [5.74, 6) is 1.35. The van der Waals surface area contributed by atoms with Crippen LogP contribution in [-0.4, -0.2) is 45.2 Å². The van der Waals surface area contributed by atoms with Crippen LogP contribution >= 0.6 is 0 Å². The van der Waals surface area contributed by atoms with Gasteiger partial charge in [0.1, 0.15) is 5.52 Å². The van der Waals surface area contributed by atoms with Gasteiger partial charge in [-0.25, -0.2) is 4.98 Å². The van der Waals surface area contributed by atoms with E-state index in [2.05, 4.69) is 37.5 Å². The van der Waals surface area contributed by atoms with Gasteiger partial charge in [-0.1, -0.05) is 0 Å². The van der Waals surface area contributed by atoms with E-state index in [4.69, 9.17) is 4.74 Å². The van der Waals surface area contributed by atoms with Crippen molar-refractivity contribution in [3.05, 3.63) is 6.33 Å². The molecule has 1 saturated heterocycles. The van der Waals surface area contributed by atoms with Crippen molar-refractivity contribution in [3.63, 3.8) is 0 Å². The van der Waals surface area contributed by atoms with E-state index in [-0.39, 0.29) is 5.60 Å². The molecule has 20 heavy (non-hydrogen) atoms. The first-order valence-electron chi connectivity index (χ1n) is 7.03. The van der Waals surface area contributed by atoms with Crippen LogP contribution in [0, 0.1) is 0 Å². The first kappa shape index (κ1) is 13.1. The number of nitrogens with one attached hydrogen (secondary N) is 3. The molecule has 0 saturated carbocycles. The zero-order chi connectivity index (χ0) is 14.0. The number of fused-ring (bicyclic) bond motifs is 1. The number of H-pyrrole nitrogens is 1. The largest absolute Gasteiger partial charge is 0.373 e. The van der Waals surface area contributed by atoms with Crippen LogP contribution in [0.25, 0.3) is 11.2 Å². The van der Waals surface area contributed by atoms with Gasteiger partial charge in [-0.05, 0) is 26.7 Å². The molecule has 2 aromatic heterocycles. The van der Waals surface area contributed by atoms with Crippen molar-refractivity contribution >= 4 is 22.9 Å². The van der Waals surface area contributed by atoms with Gasteiger partial charge in [-0.2, -0.15) is 9.97 Å². The van der Waals surface area contributed by atoms with Gasteiger partial charge in [-0.3, -0.25) is 0 Å². The van der Waals surface area contributed by atoms with E-state index in [0.29, 0.717) is 11.6 Å². The maximum absolute atomic E-state index is 5.79.